The number of aromatic nitrogens is 7. The molecule has 0 aromatic carbocycles. The van der Waals surface area contributed by atoms with E-state index in [9.17, 15) is 9.18 Å². The lowest BCUT2D eigenvalue weighted by Crippen LogP contribution is -2.25. The fourth-order valence-electron chi connectivity index (χ4n) is 3.89. The van der Waals surface area contributed by atoms with Crippen molar-refractivity contribution in [2.24, 2.45) is 0 Å². The van der Waals surface area contributed by atoms with Crippen molar-refractivity contribution < 1.29 is 9.18 Å². The second-order valence-corrected chi connectivity index (χ2v) is 8.55. The second kappa shape index (κ2) is 7.66. The van der Waals surface area contributed by atoms with E-state index in [1.54, 1.807) is 10.9 Å². The molecule has 0 spiro atoms. The molecule has 1 N–H and O–H groups in total. The van der Waals surface area contributed by atoms with Gasteiger partial charge in [-0.25, -0.2) is 19.0 Å². The molecule has 5 aromatic heterocycles. The van der Waals surface area contributed by atoms with Crippen LogP contribution in [-0.4, -0.2) is 39.7 Å². The molecule has 6 rings (SSSR count). The summed E-state index contributed by atoms with van der Waals surface area (Å²) in [5, 5.41) is 11.0. The van der Waals surface area contributed by atoms with Gasteiger partial charge in [-0.2, -0.15) is 0 Å². The van der Waals surface area contributed by atoms with Gasteiger partial charge in [-0.1, -0.05) is 22.9 Å². The Balaban J connectivity index is 1.12. The number of fused-ring (bicyclic) bond motifs is 2. The van der Waals surface area contributed by atoms with Crippen LogP contribution >= 0.6 is 11.6 Å². The number of hydrogen-bond acceptors (Lipinski definition) is 5. The van der Waals surface area contributed by atoms with Crippen LogP contribution in [0.15, 0.2) is 49.2 Å². The minimum atomic E-state index is -0.621. The molecule has 1 fully saturated rings. The molecule has 0 aliphatic heterocycles. The van der Waals surface area contributed by atoms with Crippen LogP contribution in [0.4, 0.5) is 4.39 Å². The molecule has 0 radical (unpaired) electrons. The molecule has 0 saturated heterocycles. The minimum Gasteiger partial charge on any atom is -0.344 e. The summed E-state index contributed by atoms with van der Waals surface area (Å²) in [5.41, 5.74) is 3.83. The molecule has 166 valence electrons. The summed E-state index contributed by atoms with van der Waals surface area (Å²) in [5.74, 6) is -0.337. The van der Waals surface area contributed by atoms with Crippen LogP contribution in [0.5, 0.6) is 0 Å². The zero-order valence-corrected chi connectivity index (χ0v) is 18.1. The highest BCUT2D eigenvalue weighted by atomic mass is 35.5. The zero-order chi connectivity index (χ0) is 22.5. The maximum absolute atomic E-state index is 14.1. The normalized spacial score (nSPS) is 13.8. The largest absolute Gasteiger partial charge is 0.344 e. The number of amides is 1. The molecule has 5 heterocycles. The Hall–Kier alpha value is -3.79. The van der Waals surface area contributed by atoms with Gasteiger partial charge in [-0.15, -0.1) is 5.10 Å². The number of halogens is 2. The molecular weight excluding hydrogens is 447 g/mol. The van der Waals surface area contributed by atoms with E-state index in [-0.39, 0.29) is 22.9 Å². The third-order valence-corrected chi connectivity index (χ3v) is 6.01. The number of imidazole rings is 2. The summed E-state index contributed by atoms with van der Waals surface area (Å²) in [6.45, 7) is 0.617. The topological polar surface area (TPSA) is 94.4 Å². The number of nitrogens with one attached hydrogen (secondary N) is 1. The molecule has 1 aliphatic carbocycles. The van der Waals surface area contributed by atoms with Gasteiger partial charge in [-0.3, -0.25) is 9.20 Å². The SMILES string of the molecule is O=C(NCc1cn(Cc2cn3cc(C4CC4)ccc3n2)nn1)c1ncc2c(F)c(Cl)ccn12. The van der Waals surface area contributed by atoms with Crippen LogP contribution in [0.1, 0.15) is 46.3 Å². The summed E-state index contributed by atoms with van der Waals surface area (Å²) in [6.07, 6.45) is 11.2. The van der Waals surface area contributed by atoms with Gasteiger partial charge in [0, 0.05) is 18.6 Å². The zero-order valence-electron chi connectivity index (χ0n) is 17.3. The minimum absolute atomic E-state index is 0.0278. The fraction of sp³-hybridized carbons (Fsp3) is 0.227. The average molecular weight is 465 g/mol. The Morgan fingerprint density at radius 1 is 1.18 bits per heavy atom. The maximum atomic E-state index is 14.1. The van der Waals surface area contributed by atoms with Crippen molar-refractivity contribution in [2.45, 2.75) is 31.8 Å². The van der Waals surface area contributed by atoms with Crippen LogP contribution in [0, 0.1) is 5.82 Å². The van der Waals surface area contributed by atoms with Gasteiger partial charge in [0.2, 0.25) is 5.82 Å². The van der Waals surface area contributed by atoms with Crippen molar-refractivity contribution in [1.82, 2.24) is 39.1 Å². The average Bonchev–Trinajstić information content (AvgIpc) is 3.23. The van der Waals surface area contributed by atoms with Crippen molar-refractivity contribution in [3.05, 3.63) is 82.8 Å². The van der Waals surface area contributed by atoms with Crippen molar-refractivity contribution in [1.29, 1.82) is 0 Å². The molecule has 5 aromatic rings. The van der Waals surface area contributed by atoms with E-state index < -0.39 is 11.7 Å². The lowest BCUT2D eigenvalue weighted by atomic mass is 10.2. The Morgan fingerprint density at radius 3 is 2.91 bits per heavy atom. The van der Waals surface area contributed by atoms with Crippen molar-refractivity contribution in [3.8, 4) is 0 Å². The van der Waals surface area contributed by atoms with E-state index in [1.165, 1.54) is 41.3 Å². The highest BCUT2D eigenvalue weighted by Crippen LogP contribution is 2.39. The molecule has 1 amide bonds. The fourth-order valence-corrected chi connectivity index (χ4v) is 4.04. The molecule has 1 aliphatic rings. The van der Waals surface area contributed by atoms with Gasteiger partial charge in [0.1, 0.15) is 16.9 Å². The molecule has 0 atom stereocenters. The number of nitrogens with zero attached hydrogens (tertiary/aromatic N) is 7. The Morgan fingerprint density at radius 2 is 2.06 bits per heavy atom. The Labute approximate surface area is 191 Å². The Bertz CT molecular complexity index is 1520. The number of hydrogen-bond donors (Lipinski definition) is 1. The Kier molecular flexibility index (Phi) is 4.61. The smallest absolute Gasteiger partial charge is 0.287 e. The van der Waals surface area contributed by atoms with Crippen LogP contribution in [0.25, 0.3) is 11.2 Å². The highest BCUT2D eigenvalue weighted by molar-refractivity contribution is 6.31. The molecule has 11 heteroatoms. The van der Waals surface area contributed by atoms with Gasteiger partial charge < -0.3 is 9.72 Å². The quantitative estimate of drug-likeness (QED) is 0.416. The van der Waals surface area contributed by atoms with Crippen LogP contribution in [0.2, 0.25) is 5.02 Å². The van der Waals surface area contributed by atoms with Crippen LogP contribution in [-0.2, 0) is 13.1 Å². The standard InChI is InChI=1S/C22H18ClFN8O/c23-17-5-6-32-18(20(17)24)8-25-21(32)22(33)26-7-15-11-31(29-28-15)12-16-10-30-9-14(13-1-2-13)3-4-19(30)27-16/h3-6,8-11,13H,1-2,7,12H2,(H,26,33). The monoisotopic (exact) mass is 464 g/mol. The molecule has 33 heavy (non-hydrogen) atoms. The van der Waals surface area contributed by atoms with Crippen LogP contribution < -0.4 is 5.32 Å². The van der Waals surface area contributed by atoms with E-state index in [2.05, 4.69) is 37.9 Å². The lowest BCUT2D eigenvalue weighted by molar-refractivity contribution is 0.0939. The van der Waals surface area contributed by atoms with Gasteiger partial charge in [0.15, 0.2) is 5.82 Å². The molecule has 0 unspecified atom stereocenters. The molecule has 9 nitrogen and oxygen atoms in total. The van der Waals surface area contributed by atoms with Crippen molar-refractivity contribution >= 4 is 28.7 Å². The summed E-state index contributed by atoms with van der Waals surface area (Å²) >= 11 is 5.78. The van der Waals surface area contributed by atoms with Crippen molar-refractivity contribution in [2.75, 3.05) is 0 Å². The number of rotatable bonds is 6. The first kappa shape index (κ1) is 19.9. The second-order valence-electron chi connectivity index (χ2n) is 8.14. The third-order valence-electron chi connectivity index (χ3n) is 5.72. The van der Waals surface area contributed by atoms with Gasteiger partial charge >= 0.3 is 0 Å². The van der Waals surface area contributed by atoms with E-state index in [1.807, 2.05) is 16.7 Å². The summed E-state index contributed by atoms with van der Waals surface area (Å²) in [4.78, 5) is 21.2. The van der Waals surface area contributed by atoms with Gasteiger partial charge in [0.05, 0.1) is 36.2 Å². The lowest BCUT2D eigenvalue weighted by Gasteiger charge is -2.03. The highest BCUT2D eigenvalue weighted by Gasteiger charge is 2.23. The molecule has 0 bridgehead atoms. The number of carbonyl (C=O) groups excluding carboxylic acids is 1. The first-order valence-corrected chi connectivity index (χ1v) is 10.9. The third kappa shape index (κ3) is 3.72. The van der Waals surface area contributed by atoms with Crippen molar-refractivity contribution in [3.63, 3.8) is 0 Å². The molecular formula is C22H18ClFN8O. The van der Waals surface area contributed by atoms with E-state index >= 15 is 0 Å². The predicted octanol–water partition coefficient (Wildman–Crippen LogP) is 3.22. The predicted molar refractivity (Wildman–Crippen MR) is 118 cm³/mol. The van der Waals surface area contributed by atoms with Gasteiger partial charge in [0.25, 0.3) is 5.91 Å². The van der Waals surface area contributed by atoms with E-state index in [4.69, 9.17) is 11.6 Å². The summed E-state index contributed by atoms with van der Waals surface area (Å²) in [6, 6.07) is 5.56. The summed E-state index contributed by atoms with van der Waals surface area (Å²) in [7, 11) is 0. The van der Waals surface area contributed by atoms with E-state index in [0.717, 1.165) is 11.3 Å². The maximum Gasteiger partial charge on any atom is 0.287 e. The summed E-state index contributed by atoms with van der Waals surface area (Å²) < 4.78 is 19.2. The number of carbonyl (C=O) groups is 1. The van der Waals surface area contributed by atoms with Crippen LogP contribution in [0.3, 0.4) is 0 Å². The van der Waals surface area contributed by atoms with Gasteiger partial charge in [-0.05, 0) is 36.5 Å². The molecule has 1 saturated carbocycles. The van der Waals surface area contributed by atoms with E-state index in [0.29, 0.717) is 18.2 Å². The number of pyridine rings is 2. The first-order valence-electron chi connectivity index (χ1n) is 10.5. The first-order chi connectivity index (χ1) is 16.0.